The quantitative estimate of drug-likeness (QED) is 0.645. The highest BCUT2D eigenvalue weighted by Crippen LogP contribution is 2.24. The normalized spacial score (nSPS) is 11.4. The van der Waals surface area contributed by atoms with E-state index in [0.717, 1.165) is 5.75 Å². The van der Waals surface area contributed by atoms with Crippen LogP contribution in [0, 0.1) is 0 Å². The largest absolute Gasteiger partial charge is 0.492 e. The first-order valence-electron chi connectivity index (χ1n) is 9.31. The van der Waals surface area contributed by atoms with Crippen LogP contribution >= 0.6 is 0 Å². The Bertz CT molecular complexity index is 1020. The lowest BCUT2D eigenvalue weighted by atomic mass is 9.87. The van der Waals surface area contributed by atoms with E-state index in [1.165, 1.54) is 5.56 Å². The van der Waals surface area contributed by atoms with Crippen LogP contribution in [0.1, 0.15) is 32.0 Å². The Morgan fingerprint density at radius 3 is 2.43 bits per heavy atom. The minimum Gasteiger partial charge on any atom is -0.492 e. The third-order valence-corrected chi connectivity index (χ3v) is 4.52. The van der Waals surface area contributed by atoms with E-state index < -0.39 is 0 Å². The number of carbonyl (C=O) groups excluding carboxylic acids is 1. The number of carbonyl (C=O) groups is 1. The van der Waals surface area contributed by atoms with Crippen LogP contribution in [-0.2, 0) is 16.6 Å². The molecular weight excluding hydrogens is 354 g/mol. The summed E-state index contributed by atoms with van der Waals surface area (Å²) >= 11 is 0. The van der Waals surface area contributed by atoms with E-state index in [4.69, 9.17) is 4.74 Å². The number of hydrogen-bond donors (Lipinski definition) is 2. The summed E-state index contributed by atoms with van der Waals surface area (Å²) in [5.74, 6) is 0.604. The molecule has 6 heteroatoms. The molecule has 0 aliphatic rings. The van der Waals surface area contributed by atoms with E-state index in [9.17, 15) is 9.59 Å². The first-order chi connectivity index (χ1) is 13.3. The molecule has 2 N–H and O–H groups in total. The van der Waals surface area contributed by atoms with Crippen molar-refractivity contribution in [1.29, 1.82) is 0 Å². The van der Waals surface area contributed by atoms with Gasteiger partial charge in [-0.2, -0.15) is 5.10 Å². The van der Waals surface area contributed by atoms with E-state index in [2.05, 4.69) is 48.4 Å². The van der Waals surface area contributed by atoms with Crippen LogP contribution in [0.2, 0.25) is 0 Å². The molecule has 0 atom stereocenters. The summed E-state index contributed by atoms with van der Waals surface area (Å²) in [6.07, 6.45) is 0.0948. The average Bonchev–Trinajstić information content (AvgIpc) is 2.67. The Balaban J connectivity index is 1.50. The highest BCUT2D eigenvalue weighted by atomic mass is 16.5. The number of hydrogen-bond acceptors (Lipinski definition) is 4. The summed E-state index contributed by atoms with van der Waals surface area (Å²) < 4.78 is 5.68. The van der Waals surface area contributed by atoms with Crippen LogP contribution < -0.4 is 15.6 Å². The van der Waals surface area contributed by atoms with Crippen molar-refractivity contribution in [3.63, 3.8) is 0 Å². The molecule has 146 valence electrons. The lowest BCUT2D eigenvalue weighted by molar-refractivity contribution is -0.120. The zero-order valence-corrected chi connectivity index (χ0v) is 16.4. The van der Waals surface area contributed by atoms with Gasteiger partial charge in [-0.3, -0.25) is 9.59 Å². The third kappa shape index (κ3) is 4.76. The van der Waals surface area contributed by atoms with Crippen molar-refractivity contribution in [2.75, 3.05) is 13.2 Å². The predicted octanol–water partition coefficient (Wildman–Crippen LogP) is 2.96. The van der Waals surface area contributed by atoms with Gasteiger partial charge < -0.3 is 10.1 Å². The highest BCUT2D eigenvalue weighted by Gasteiger charge is 2.13. The number of fused-ring (bicyclic) bond motifs is 1. The maximum absolute atomic E-state index is 12.2. The van der Waals surface area contributed by atoms with Crippen molar-refractivity contribution in [1.82, 2.24) is 15.5 Å². The van der Waals surface area contributed by atoms with Crippen LogP contribution in [-0.4, -0.2) is 29.3 Å². The first-order valence-corrected chi connectivity index (χ1v) is 9.31. The molecule has 2 aromatic carbocycles. The zero-order valence-electron chi connectivity index (χ0n) is 16.4. The van der Waals surface area contributed by atoms with Gasteiger partial charge in [0.05, 0.1) is 24.0 Å². The van der Waals surface area contributed by atoms with Crippen molar-refractivity contribution >= 4 is 16.7 Å². The highest BCUT2D eigenvalue weighted by molar-refractivity contribution is 5.88. The molecule has 0 bridgehead atoms. The van der Waals surface area contributed by atoms with Crippen LogP contribution in [0.4, 0.5) is 0 Å². The molecule has 0 unspecified atom stereocenters. The maximum atomic E-state index is 12.2. The molecule has 1 amide bonds. The van der Waals surface area contributed by atoms with Crippen molar-refractivity contribution < 1.29 is 9.53 Å². The molecule has 6 nitrogen and oxygen atoms in total. The second-order valence-electron chi connectivity index (χ2n) is 7.69. The van der Waals surface area contributed by atoms with Gasteiger partial charge >= 0.3 is 0 Å². The Morgan fingerprint density at radius 1 is 1.07 bits per heavy atom. The van der Waals surface area contributed by atoms with E-state index in [0.29, 0.717) is 29.6 Å². The molecule has 0 aliphatic carbocycles. The SMILES string of the molecule is CC(C)(C)c1ccc(OCCNC(=O)Cc2n[nH]c(=O)c3ccccc23)cc1. The minimum atomic E-state index is -0.259. The standard InChI is InChI=1S/C22H25N3O3/c1-22(2,3)15-8-10-16(11-9-15)28-13-12-23-20(26)14-19-17-6-4-5-7-18(17)21(27)25-24-19/h4-11H,12-14H2,1-3H3,(H,23,26)(H,25,27). The number of aromatic amines is 1. The summed E-state index contributed by atoms with van der Waals surface area (Å²) in [5, 5.41) is 10.5. The van der Waals surface area contributed by atoms with E-state index in [-0.39, 0.29) is 23.3 Å². The lowest BCUT2D eigenvalue weighted by Gasteiger charge is -2.19. The molecule has 0 saturated carbocycles. The maximum Gasteiger partial charge on any atom is 0.272 e. The number of aromatic nitrogens is 2. The molecule has 28 heavy (non-hydrogen) atoms. The molecule has 0 radical (unpaired) electrons. The predicted molar refractivity (Wildman–Crippen MR) is 110 cm³/mol. The zero-order chi connectivity index (χ0) is 20.1. The second kappa shape index (κ2) is 8.25. The molecule has 0 spiro atoms. The topological polar surface area (TPSA) is 84.1 Å². The smallest absolute Gasteiger partial charge is 0.272 e. The summed E-state index contributed by atoms with van der Waals surface area (Å²) in [5.41, 5.74) is 1.64. The van der Waals surface area contributed by atoms with Crippen LogP contribution in [0.15, 0.2) is 53.3 Å². The van der Waals surface area contributed by atoms with Gasteiger partial charge in [0, 0.05) is 5.39 Å². The van der Waals surface area contributed by atoms with Gasteiger partial charge in [-0.15, -0.1) is 0 Å². The van der Waals surface area contributed by atoms with E-state index >= 15 is 0 Å². The molecule has 1 heterocycles. The Morgan fingerprint density at radius 2 is 1.75 bits per heavy atom. The molecule has 3 aromatic rings. The lowest BCUT2D eigenvalue weighted by Crippen LogP contribution is -2.30. The van der Waals surface area contributed by atoms with E-state index in [1.807, 2.05) is 18.2 Å². The van der Waals surface area contributed by atoms with Crippen molar-refractivity contribution in [3.05, 3.63) is 70.1 Å². The fourth-order valence-corrected chi connectivity index (χ4v) is 2.93. The minimum absolute atomic E-state index is 0.0948. The van der Waals surface area contributed by atoms with Gasteiger partial charge in [0.15, 0.2) is 0 Å². The molecule has 0 saturated heterocycles. The van der Waals surface area contributed by atoms with Crippen molar-refractivity contribution in [3.8, 4) is 5.75 Å². The fraction of sp³-hybridized carbons (Fsp3) is 0.318. The first kappa shape index (κ1) is 19.6. The number of rotatable bonds is 6. The van der Waals surface area contributed by atoms with Gasteiger partial charge in [-0.1, -0.05) is 51.1 Å². The molecule has 3 rings (SSSR count). The molecule has 0 fully saturated rings. The Kier molecular flexibility index (Phi) is 5.78. The molecular formula is C22H25N3O3. The number of nitrogens with one attached hydrogen (secondary N) is 2. The third-order valence-electron chi connectivity index (χ3n) is 4.52. The average molecular weight is 379 g/mol. The number of amides is 1. The summed E-state index contributed by atoms with van der Waals surface area (Å²) in [6, 6.07) is 15.1. The monoisotopic (exact) mass is 379 g/mol. The molecule has 1 aromatic heterocycles. The van der Waals surface area contributed by atoms with Gasteiger partial charge in [0.1, 0.15) is 12.4 Å². The molecule has 0 aliphatic heterocycles. The Labute approximate surface area is 163 Å². The summed E-state index contributed by atoms with van der Waals surface area (Å²) in [7, 11) is 0. The van der Waals surface area contributed by atoms with Crippen LogP contribution in [0.25, 0.3) is 10.8 Å². The van der Waals surface area contributed by atoms with Crippen molar-refractivity contribution in [2.45, 2.75) is 32.6 Å². The van der Waals surface area contributed by atoms with Crippen LogP contribution in [0.3, 0.4) is 0 Å². The number of ether oxygens (including phenoxy) is 1. The van der Waals surface area contributed by atoms with Crippen molar-refractivity contribution in [2.24, 2.45) is 0 Å². The van der Waals surface area contributed by atoms with Gasteiger partial charge in [0.25, 0.3) is 5.56 Å². The summed E-state index contributed by atoms with van der Waals surface area (Å²) in [6.45, 7) is 7.26. The number of benzene rings is 2. The van der Waals surface area contributed by atoms with Gasteiger partial charge in [0.2, 0.25) is 5.91 Å². The van der Waals surface area contributed by atoms with Crippen LogP contribution in [0.5, 0.6) is 5.75 Å². The van der Waals surface area contributed by atoms with Gasteiger partial charge in [-0.25, -0.2) is 5.10 Å². The van der Waals surface area contributed by atoms with Gasteiger partial charge in [-0.05, 0) is 29.2 Å². The fourth-order valence-electron chi connectivity index (χ4n) is 2.93. The number of H-pyrrole nitrogens is 1. The summed E-state index contributed by atoms with van der Waals surface area (Å²) in [4.78, 5) is 24.0. The number of nitrogens with zero attached hydrogens (tertiary/aromatic N) is 1. The van der Waals surface area contributed by atoms with E-state index in [1.54, 1.807) is 18.2 Å². The second-order valence-corrected chi connectivity index (χ2v) is 7.69. The Hall–Kier alpha value is -3.15.